The molecule has 0 fully saturated rings. The van der Waals surface area contributed by atoms with E-state index in [4.69, 9.17) is 28.4 Å². The first kappa shape index (κ1) is 53.5. The van der Waals surface area contributed by atoms with Crippen molar-refractivity contribution in [1.82, 2.24) is 0 Å². The summed E-state index contributed by atoms with van der Waals surface area (Å²) in [5.41, 5.74) is 0.459. The molecule has 0 heterocycles. The average Bonchev–Trinajstić information content (AvgIpc) is 3.29. The minimum absolute atomic E-state index is 0.136. The third-order valence-corrected chi connectivity index (χ3v) is 11.0. The van der Waals surface area contributed by atoms with Gasteiger partial charge in [-0.25, -0.2) is 9.59 Å². The van der Waals surface area contributed by atoms with Crippen LogP contribution in [-0.4, -0.2) is 37.1 Å². The van der Waals surface area contributed by atoms with E-state index in [2.05, 4.69) is 27.7 Å². The largest absolute Gasteiger partial charge is 0.494 e. The molecule has 0 amide bonds. The fourth-order valence-electron chi connectivity index (χ4n) is 7.13. The smallest absolute Gasteiger partial charge is 0.343 e. The van der Waals surface area contributed by atoms with Crippen LogP contribution in [0.1, 0.15) is 215 Å². The zero-order valence-electron chi connectivity index (χ0n) is 39.7. The molecule has 3 aromatic carbocycles. The molecule has 0 radical (unpaired) electrons. The Kier molecular flexibility index (Phi) is 28.1. The predicted octanol–water partition coefficient (Wildman–Crippen LogP) is 14.9. The molecular formula is C54H78O10. The van der Waals surface area contributed by atoms with Crippen LogP contribution in [0.2, 0.25) is 0 Å². The van der Waals surface area contributed by atoms with E-state index < -0.39 is 23.9 Å². The first-order valence-corrected chi connectivity index (χ1v) is 24.8. The normalized spacial score (nSPS) is 10.9. The zero-order valence-corrected chi connectivity index (χ0v) is 39.7. The number of unbranched alkanes of at least 4 members (excludes halogenated alkanes) is 20. The third kappa shape index (κ3) is 22.7. The van der Waals surface area contributed by atoms with Crippen molar-refractivity contribution in [3.63, 3.8) is 0 Å². The molecule has 354 valence electrons. The molecular weight excluding hydrogens is 809 g/mol. The van der Waals surface area contributed by atoms with E-state index in [0.717, 1.165) is 89.9 Å². The molecule has 10 nitrogen and oxygen atoms in total. The van der Waals surface area contributed by atoms with Gasteiger partial charge in [-0.2, -0.15) is 0 Å². The van der Waals surface area contributed by atoms with Gasteiger partial charge in [0, 0.05) is 25.0 Å². The lowest BCUT2D eigenvalue weighted by Gasteiger charge is -2.16. The summed E-state index contributed by atoms with van der Waals surface area (Å²) in [6.07, 6.45) is 25.8. The van der Waals surface area contributed by atoms with Gasteiger partial charge < -0.3 is 28.4 Å². The first-order valence-electron chi connectivity index (χ1n) is 24.8. The van der Waals surface area contributed by atoms with Crippen LogP contribution >= 0.6 is 0 Å². The maximum atomic E-state index is 13.6. The van der Waals surface area contributed by atoms with E-state index in [1.54, 1.807) is 48.5 Å². The van der Waals surface area contributed by atoms with Crippen molar-refractivity contribution in [2.24, 2.45) is 0 Å². The Morgan fingerprint density at radius 2 is 0.625 bits per heavy atom. The van der Waals surface area contributed by atoms with Crippen LogP contribution in [0, 0.1) is 0 Å². The highest BCUT2D eigenvalue weighted by Gasteiger charge is 2.24. The minimum Gasteiger partial charge on any atom is -0.494 e. The topological polar surface area (TPSA) is 124 Å². The van der Waals surface area contributed by atoms with E-state index in [-0.39, 0.29) is 47.0 Å². The van der Waals surface area contributed by atoms with Gasteiger partial charge >= 0.3 is 23.9 Å². The Morgan fingerprint density at radius 3 is 0.953 bits per heavy atom. The Hall–Kier alpha value is -4.86. The monoisotopic (exact) mass is 887 g/mol. The lowest BCUT2D eigenvalue weighted by molar-refractivity contribution is -0.135. The minimum atomic E-state index is -0.733. The van der Waals surface area contributed by atoms with Gasteiger partial charge in [0.1, 0.15) is 11.5 Å². The van der Waals surface area contributed by atoms with E-state index >= 15 is 0 Å². The molecule has 0 atom stereocenters. The number of rotatable bonds is 36. The number of hydrogen-bond donors (Lipinski definition) is 0. The fraction of sp³-hybridized carbons (Fsp3) is 0.593. The van der Waals surface area contributed by atoms with Crippen LogP contribution in [0.5, 0.6) is 34.5 Å². The fourth-order valence-corrected chi connectivity index (χ4v) is 7.13. The molecule has 3 aromatic rings. The number of hydrogen-bond acceptors (Lipinski definition) is 10. The van der Waals surface area contributed by atoms with Crippen molar-refractivity contribution >= 4 is 23.9 Å². The summed E-state index contributed by atoms with van der Waals surface area (Å²) >= 11 is 0. The van der Waals surface area contributed by atoms with Crippen molar-refractivity contribution in [3.05, 3.63) is 71.8 Å². The molecule has 0 aromatic heterocycles. The summed E-state index contributed by atoms with van der Waals surface area (Å²) in [6, 6.07) is 15.8. The van der Waals surface area contributed by atoms with Crippen LogP contribution in [0.3, 0.4) is 0 Å². The van der Waals surface area contributed by atoms with Gasteiger partial charge in [-0.1, -0.05) is 156 Å². The predicted molar refractivity (Wildman–Crippen MR) is 254 cm³/mol. The van der Waals surface area contributed by atoms with E-state index in [1.165, 1.54) is 63.5 Å². The van der Waals surface area contributed by atoms with Crippen molar-refractivity contribution in [3.8, 4) is 34.5 Å². The highest BCUT2D eigenvalue weighted by atomic mass is 16.6. The van der Waals surface area contributed by atoms with Gasteiger partial charge in [0.15, 0.2) is 23.0 Å². The highest BCUT2D eigenvalue weighted by Crippen LogP contribution is 2.41. The van der Waals surface area contributed by atoms with Crippen molar-refractivity contribution < 1.29 is 47.6 Å². The Bertz CT molecular complexity index is 1620. The van der Waals surface area contributed by atoms with Crippen LogP contribution in [0.4, 0.5) is 0 Å². The van der Waals surface area contributed by atoms with E-state index in [1.807, 2.05) is 0 Å². The molecule has 0 unspecified atom stereocenters. The van der Waals surface area contributed by atoms with Gasteiger partial charge in [0.05, 0.1) is 24.3 Å². The average molecular weight is 887 g/mol. The summed E-state index contributed by atoms with van der Waals surface area (Å²) in [7, 11) is 0. The summed E-state index contributed by atoms with van der Waals surface area (Å²) in [6.45, 7) is 9.87. The van der Waals surface area contributed by atoms with E-state index in [9.17, 15) is 19.2 Å². The molecule has 0 aliphatic heterocycles. The summed E-state index contributed by atoms with van der Waals surface area (Å²) < 4.78 is 35.2. The van der Waals surface area contributed by atoms with E-state index in [0.29, 0.717) is 37.6 Å². The van der Waals surface area contributed by atoms with Gasteiger partial charge in [0.25, 0.3) is 0 Å². The second-order valence-electron chi connectivity index (χ2n) is 16.8. The van der Waals surface area contributed by atoms with Crippen molar-refractivity contribution in [1.29, 1.82) is 0 Å². The van der Waals surface area contributed by atoms with Crippen molar-refractivity contribution in [2.75, 3.05) is 13.2 Å². The summed E-state index contributed by atoms with van der Waals surface area (Å²) in [5, 5.41) is 0. The van der Waals surface area contributed by atoms with Crippen LogP contribution < -0.4 is 28.4 Å². The quantitative estimate of drug-likeness (QED) is 0.0317. The second-order valence-corrected chi connectivity index (χ2v) is 16.8. The van der Waals surface area contributed by atoms with Gasteiger partial charge in [-0.15, -0.1) is 0 Å². The van der Waals surface area contributed by atoms with Gasteiger partial charge in [-0.3, -0.25) is 9.59 Å². The zero-order chi connectivity index (χ0) is 46.0. The molecule has 0 saturated carbocycles. The van der Waals surface area contributed by atoms with Crippen LogP contribution in [0.25, 0.3) is 0 Å². The van der Waals surface area contributed by atoms with Gasteiger partial charge in [0.2, 0.25) is 0 Å². The molecule has 0 bridgehead atoms. The van der Waals surface area contributed by atoms with Crippen molar-refractivity contribution in [2.45, 2.75) is 195 Å². The molecule has 0 aliphatic carbocycles. The first-order chi connectivity index (χ1) is 31.3. The molecule has 64 heavy (non-hydrogen) atoms. The lowest BCUT2D eigenvalue weighted by atomic mass is 10.1. The molecule has 10 heteroatoms. The standard InChI is InChI=1S/C54H78O10/c1-5-9-13-17-21-25-29-51(55)61-47-41-50(64-54(58)44-33-37-46(38-34-44)60-40-28-24-20-16-12-8-4)48(62-52(56)30-26-22-18-14-10-6-2)42-49(47)63-53(57)43-31-35-45(36-32-43)59-39-27-23-19-15-11-7-3/h31-38,41-42H,5-30,39-40H2,1-4H3. The highest BCUT2D eigenvalue weighted by molar-refractivity contribution is 5.93. The lowest BCUT2D eigenvalue weighted by Crippen LogP contribution is -2.15. The SMILES string of the molecule is CCCCCCCCOc1ccc(C(=O)Oc2cc(OC(=O)CCCCCCCC)c(OC(=O)c3ccc(OCCCCCCCC)cc3)cc2OC(=O)CCCCCCCC)cc1. The molecule has 0 saturated heterocycles. The number of carbonyl (C=O) groups is 4. The maximum Gasteiger partial charge on any atom is 0.343 e. The van der Waals surface area contributed by atoms with Gasteiger partial charge in [-0.05, 0) is 74.2 Å². The Labute approximate surface area is 384 Å². The molecule has 0 spiro atoms. The summed E-state index contributed by atoms with van der Waals surface area (Å²) in [4.78, 5) is 53.8. The number of carbonyl (C=O) groups excluding carboxylic acids is 4. The molecule has 0 N–H and O–H groups in total. The number of benzene rings is 3. The number of ether oxygens (including phenoxy) is 6. The second kappa shape index (κ2) is 33.6. The third-order valence-electron chi connectivity index (χ3n) is 11.0. The molecule has 0 aliphatic rings. The Balaban J connectivity index is 1.84. The molecule has 3 rings (SSSR count). The van der Waals surface area contributed by atoms with Crippen LogP contribution in [0.15, 0.2) is 60.7 Å². The van der Waals surface area contributed by atoms with Crippen LogP contribution in [-0.2, 0) is 9.59 Å². The Morgan fingerprint density at radius 1 is 0.344 bits per heavy atom. The summed E-state index contributed by atoms with van der Waals surface area (Å²) in [5.74, 6) is -1.92. The number of esters is 4. The maximum absolute atomic E-state index is 13.6.